The van der Waals surface area contributed by atoms with E-state index >= 15 is 0 Å². The highest BCUT2D eigenvalue weighted by molar-refractivity contribution is 6.09. The average molecular weight is 537 g/mol. The van der Waals surface area contributed by atoms with Crippen LogP contribution < -0.4 is 21.1 Å². The van der Waals surface area contributed by atoms with E-state index < -0.39 is 12.0 Å². The van der Waals surface area contributed by atoms with Crippen molar-refractivity contribution >= 4 is 34.9 Å². The van der Waals surface area contributed by atoms with E-state index in [1.807, 2.05) is 6.07 Å². The number of ether oxygens (including phenoxy) is 2. The molecule has 0 spiro atoms. The number of nitrogens with two attached hydrogens (primary N) is 1. The van der Waals surface area contributed by atoms with Crippen molar-refractivity contribution in [1.29, 1.82) is 5.41 Å². The summed E-state index contributed by atoms with van der Waals surface area (Å²) in [7, 11) is 1.27. The van der Waals surface area contributed by atoms with Gasteiger partial charge >= 0.3 is 5.97 Å². The maximum atomic E-state index is 13.6. The predicted molar refractivity (Wildman–Crippen MR) is 153 cm³/mol. The molecular weight excluding hydrogens is 508 g/mol. The zero-order valence-electron chi connectivity index (χ0n) is 21.7. The van der Waals surface area contributed by atoms with Crippen molar-refractivity contribution in [2.45, 2.75) is 6.04 Å². The van der Waals surface area contributed by atoms with Gasteiger partial charge in [-0.15, -0.1) is 0 Å². The Morgan fingerprint density at radius 3 is 2.17 bits per heavy atom. The third kappa shape index (κ3) is 7.11. The summed E-state index contributed by atoms with van der Waals surface area (Å²) in [5, 5.41) is 13.8. The number of ketones is 1. The highest BCUT2D eigenvalue weighted by Gasteiger charge is 2.22. The van der Waals surface area contributed by atoms with Crippen molar-refractivity contribution in [3.05, 3.63) is 125 Å². The molecule has 9 heteroatoms. The molecule has 0 fully saturated rings. The standard InChI is InChI=1S/C31H28N4O5/c1-39-27(36)19-40-26-12-6-9-22(18-26)28(34-25-11-5-10-23(17-25)30(32)33)31(38)35-24-15-13-21(14-16-24)29(37)20-7-3-2-4-8-20/h2-18,28,34H,19H2,1H3,(H3,32,33)(H,35,38). The molecule has 40 heavy (non-hydrogen) atoms. The Morgan fingerprint density at radius 2 is 1.48 bits per heavy atom. The second-order valence-electron chi connectivity index (χ2n) is 8.77. The Balaban J connectivity index is 1.58. The number of rotatable bonds is 11. The summed E-state index contributed by atoms with van der Waals surface area (Å²) < 4.78 is 10.1. The van der Waals surface area contributed by atoms with Crippen LogP contribution in [0, 0.1) is 5.41 Å². The van der Waals surface area contributed by atoms with Gasteiger partial charge in [-0.05, 0) is 54.1 Å². The maximum absolute atomic E-state index is 13.6. The lowest BCUT2D eigenvalue weighted by molar-refractivity contribution is -0.142. The lowest BCUT2D eigenvalue weighted by Crippen LogP contribution is -2.27. The lowest BCUT2D eigenvalue weighted by Gasteiger charge is -2.21. The van der Waals surface area contributed by atoms with Crippen LogP contribution in [0.1, 0.15) is 33.1 Å². The summed E-state index contributed by atoms with van der Waals surface area (Å²) in [5.41, 5.74) is 8.84. The minimum absolute atomic E-state index is 0.104. The third-order valence-electron chi connectivity index (χ3n) is 5.97. The van der Waals surface area contributed by atoms with Crippen LogP contribution in [0.15, 0.2) is 103 Å². The van der Waals surface area contributed by atoms with E-state index in [-0.39, 0.29) is 24.1 Å². The van der Waals surface area contributed by atoms with E-state index in [4.69, 9.17) is 15.9 Å². The van der Waals surface area contributed by atoms with E-state index in [0.717, 1.165) is 0 Å². The van der Waals surface area contributed by atoms with Crippen molar-refractivity contribution in [3.8, 4) is 5.75 Å². The molecule has 9 nitrogen and oxygen atoms in total. The molecule has 1 atom stereocenters. The van der Waals surface area contributed by atoms with Gasteiger partial charge in [0.2, 0.25) is 0 Å². The summed E-state index contributed by atoms with van der Waals surface area (Å²) in [6.45, 7) is -0.279. The Hall–Kier alpha value is -5.44. The Morgan fingerprint density at radius 1 is 0.800 bits per heavy atom. The number of methoxy groups -OCH3 is 1. The fraction of sp³-hybridized carbons (Fsp3) is 0.0968. The fourth-order valence-corrected chi connectivity index (χ4v) is 3.90. The Kier molecular flexibility index (Phi) is 8.88. The number of amides is 1. The number of anilines is 2. The van der Waals surface area contributed by atoms with Crippen LogP contribution in [-0.4, -0.2) is 37.2 Å². The number of esters is 1. The molecule has 0 aliphatic heterocycles. The van der Waals surface area contributed by atoms with Gasteiger partial charge in [0.25, 0.3) is 5.91 Å². The highest BCUT2D eigenvalue weighted by Crippen LogP contribution is 2.26. The van der Waals surface area contributed by atoms with Gasteiger partial charge < -0.3 is 25.8 Å². The molecular formula is C31H28N4O5. The van der Waals surface area contributed by atoms with Crippen molar-refractivity contribution in [3.63, 3.8) is 0 Å². The highest BCUT2D eigenvalue weighted by atomic mass is 16.6. The van der Waals surface area contributed by atoms with Gasteiger partial charge in [0.1, 0.15) is 17.6 Å². The molecule has 0 heterocycles. The van der Waals surface area contributed by atoms with Crippen molar-refractivity contribution in [1.82, 2.24) is 0 Å². The summed E-state index contributed by atoms with van der Waals surface area (Å²) in [4.78, 5) is 37.8. The van der Waals surface area contributed by atoms with Crippen LogP contribution in [0.2, 0.25) is 0 Å². The van der Waals surface area contributed by atoms with Gasteiger partial charge in [0.05, 0.1) is 7.11 Å². The lowest BCUT2D eigenvalue weighted by atomic mass is 10.0. The first kappa shape index (κ1) is 27.6. The van der Waals surface area contributed by atoms with Gasteiger partial charge in [-0.3, -0.25) is 15.0 Å². The zero-order chi connectivity index (χ0) is 28.5. The molecule has 1 amide bonds. The van der Waals surface area contributed by atoms with Crippen LogP contribution >= 0.6 is 0 Å². The molecule has 1 unspecified atom stereocenters. The first-order chi connectivity index (χ1) is 19.3. The predicted octanol–water partition coefficient (Wildman–Crippen LogP) is 4.55. The van der Waals surface area contributed by atoms with E-state index in [1.165, 1.54) is 7.11 Å². The number of hydrogen-bond acceptors (Lipinski definition) is 7. The van der Waals surface area contributed by atoms with Crippen LogP contribution in [0.25, 0.3) is 0 Å². The smallest absolute Gasteiger partial charge is 0.343 e. The molecule has 4 aromatic carbocycles. The van der Waals surface area contributed by atoms with Gasteiger partial charge in [0.15, 0.2) is 12.4 Å². The van der Waals surface area contributed by atoms with Crippen LogP contribution in [0.3, 0.4) is 0 Å². The summed E-state index contributed by atoms with van der Waals surface area (Å²) >= 11 is 0. The molecule has 0 aliphatic rings. The van der Waals surface area contributed by atoms with E-state index in [2.05, 4.69) is 15.4 Å². The number of nitrogen functional groups attached to an aromatic ring is 1. The monoisotopic (exact) mass is 536 g/mol. The molecule has 0 saturated heterocycles. The van der Waals surface area contributed by atoms with E-state index in [9.17, 15) is 14.4 Å². The molecule has 0 bridgehead atoms. The van der Waals surface area contributed by atoms with Crippen molar-refractivity contribution < 1.29 is 23.9 Å². The zero-order valence-corrected chi connectivity index (χ0v) is 21.7. The van der Waals surface area contributed by atoms with Crippen molar-refractivity contribution in [2.24, 2.45) is 5.73 Å². The minimum atomic E-state index is -0.894. The number of nitrogens with one attached hydrogen (secondary N) is 3. The maximum Gasteiger partial charge on any atom is 0.343 e. The van der Waals surface area contributed by atoms with Gasteiger partial charge in [0, 0.05) is 28.1 Å². The fourth-order valence-electron chi connectivity index (χ4n) is 3.90. The first-order valence-electron chi connectivity index (χ1n) is 12.4. The van der Waals surface area contributed by atoms with Gasteiger partial charge in [-0.2, -0.15) is 0 Å². The molecule has 0 radical (unpaired) electrons. The van der Waals surface area contributed by atoms with Crippen molar-refractivity contribution in [2.75, 3.05) is 24.4 Å². The quantitative estimate of drug-likeness (QED) is 0.0953. The Bertz CT molecular complexity index is 1520. The normalized spacial score (nSPS) is 11.1. The molecule has 4 rings (SSSR count). The summed E-state index contributed by atoms with van der Waals surface area (Å²) in [5.74, 6) is -0.766. The molecule has 0 aliphatic carbocycles. The van der Waals surface area contributed by atoms with Crippen LogP contribution in [0.5, 0.6) is 5.75 Å². The average Bonchev–Trinajstić information content (AvgIpc) is 2.99. The molecule has 0 saturated carbocycles. The first-order valence-corrected chi connectivity index (χ1v) is 12.4. The van der Waals surface area contributed by atoms with E-state index in [0.29, 0.717) is 39.4 Å². The van der Waals surface area contributed by atoms with Gasteiger partial charge in [-0.25, -0.2) is 4.79 Å². The SMILES string of the molecule is COC(=O)COc1cccc(C(Nc2cccc(C(=N)N)c2)C(=O)Nc2ccc(C(=O)c3ccccc3)cc2)c1. The number of carbonyl (C=O) groups excluding carboxylic acids is 3. The largest absolute Gasteiger partial charge is 0.482 e. The topological polar surface area (TPSA) is 144 Å². The molecule has 4 aromatic rings. The third-order valence-corrected chi connectivity index (χ3v) is 5.97. The molecule has 5 N–H and O–H groups in total. The second-order valence-corrected chi connectivity index (χ2v) is 8.77. The number of amidine groups is 1. The summed E-state index contributed by atoms with van der Waals surface area (Å²) in [6.07, 6.45) is 0. The van der Waals surface area contributed by atoms with E-state index in [1.54, 1.807) is 97.1 Å². The number of hydrogen-bond donors (Lipinski definition) is 4. The summed E-state index contributed by atoms with van der Waals surface area (Å²) in [6, 6.07) is 28.3. The molecule has 202 valence electrons. The van der Waals surface area contributed by atoms with Crippen LogP contribution in [0.4, 0.5) is 11.4 Å². The minimum Gasteiger partial charge on any atom is -0.482 e. The Labute approximate surface area is 231 Å². The number of benzene rings is 4. The second kappa shape index (κ2) is 12.9. The van der Waals surface area contributed by atoms with Gasteiger partial charge in [-0.1, -0.05) is 54.6 Å². The number of carbonyl (C=O) groups is 3. The molecule has 0 aromatic heterocycles. The van der Waals surface area contributed by atoms with Crippen LogP contribution in [-0.2, 0) is 14.3 Å².